The Balaban J connectivity index is 2.18. The van der Waals surface area contributed by atoms with Crippen LogP contribution in [0.1, 0.15) is 35.7 Å². The van der Waals surface area contributed by atoms with E-state index >= 15 is 0 Å². The zero-order valence-electron chi connectivity index (χ0n) is 13.1. The van der Waals surface area contributed by atoms with Crippen LogP contribution in [0.3, 0.4) is 0 Å². The van der Waals surface area contributed by atoms with Crippen molar-refractivity contribution in [1.29, 1.82) is 0 Å². The Morgan fingerprint density at radius 1 is 1.14 bits per heavy atom. The summed E-state index contributed by atoms with van der Waals surface area (Å²) in [5.74, 6) is -0.158. The Labute approximate surface area is 131 Å². The molecule has 0 saturated heterocycles. The SMILES string of the molecule is CCCCc1ccc(Nc2ccc(N)cc2C(=O)NC)cc1. The first-order valence-corrected chi connectivity index (χ1v) is 7.61. The van der Waals surface area contributed by atoms with Gasteiger partial charge < -0.3 is 16.4 Å². The van der Waals surface area contributed by atoms with E-state index in [2.05, 4.69) is 29.7 Å². The molecule has 0 aliphatic heterocycles. The largest absolute Gasteiger partial charge is 0.399 e. The lowest BCUT2D eigenvalue weighted by Gasteiger charge is -2.12. The van der Waals surface area contributed by atoms with E-state index in [-0.39, 0.29) is 5.91 Å². The molecule has 116 valence electrons. The molecule has 22 heavy (non-hydrogen) atoms. The molecule has 2 rings (SSSR count). The molecule has 0 atom stereocenters. The third-order valence-corrected chi connectivity index (χ3v) is 3.57. The van der Waals surface area contributed by atoms with Gasteiger partial charge in [0.1, 0.15) is 0 Å². The zero-order chi connectivity index (χ0) is 15.9. The highest BCUT2D eigenvalue weighted by Crippen LogP contribution is 2.23. The maximum Gasteiger partial charge on any atom is 0.253 e. The minimum absolute atomic E-state index is 0.158. The zero-order valence-corrected chi connectivity index (χ0v) is 13.1. The van der Waals surface area contributed by atoms with Crippen LogP contribution >= 0.6 is 0 Å². The van der Waals surface area contributed by atoms with Crippen molar-refractivity contribution in [2.24, 2.45) is 0 Å². The number of carbonyl (C=O) groups excluding carboxylic acids is 1. The molecule has 0 aromatic heterocycles. The van der Waals surface area contributed by atoms with Crippen molar-refractivity contribution >= 4 is 23.0 Å². The van der Waals surface area contributed by atoms with E-state index in [4.69, 9.17) is 5.73 Å². The van der Waals surface area contributed by atoms with Gasteiger partial charge in [-0.3, -0.25) is 4.79 Å². The molecule has 4 heteroatoms. The fourth-order valence-corrected chi connectivity index (χ4v) is 2.28. The summed E-state index contributed by atoms with van der Waals surface area (Å²) in [7, 11) is 1.61. The molecule has 0 saturated carbocycles. The summed E-state index contributed by atoms with van der Waals surface area (Å²) in [4.78, 5) is 11.9. The number of aryl methyl sites for hydroxylation is 1. The van der Waals surface area contributed by atoms with Crippen LogP contribution < -0.4 is 16.4 Å². The monoisotopic (exact) mass is 297 g/mol. The quantitative estimate of drug-likeness (QED) is 0.712. The summed E-state index contributed by atoms with van der Waals surface area (Å²) in [6.45, 7) is 2.19. The summed E-state index contributed by atoms with van der Waals surface area (Å²) in [5, 5.41) is 5.91. The Hall–Kier alpha value is -2.49. The molecule has 0 heterocycles. The molecule has 4 nitrogen and oxygen atoms in total. The predicted molar refractivity (Wildman–Crippen MR) is 92.6 cm³/mol. The molecule has 0 bridgehead atoms. The van der Waals surface area contributed by atoms with Gasteiger partial charge in [-0.15, -0.1) is 0 Å². The van der Waals surface area contributed by atoms with Crippen molar-refractivity contribution in [3.05, 3.63) is 53.6 Å². The van der Waals surface area contributed by atoms with Crippen molar-refractivity contribution in [3.8, 4) is 0 Å². The Morgan fingerprint density at radius 3 is 2.50 bits per heavy atom. The molecule has 4 N–H and O–H groups in total. The number of amides is 1. The molecular weight excluding hydrogens is 274 g/mol. The highest BCUT2D eigenvalue weighted by molar-refractivity contribution is 6.01. The summed E-state index contributed by atoms with van der Waals surface area (Å²) in [6.07, 6.45) is 3.49. The lowest BCUT2D eigenvalue weighted by atomic mass is 10.1. The van der Waals surface area contributed by atoms with Crippen molar-refractivity contribution in [2.45, 2.75) is 26.2 Å². The molecule has 0 aliphatic carbocycles. The minimum atomic E-state index is -0.158. The number of nitrogen functional groups attached to an aromatic ring is 1. The highest BCUT2D eigenvalue weighted by Gasteiger charge is 2.10. The van der Waals surface area contributed by atoms with Gasteiger partial charge in [0.25, 0.3) is 5.91 Å². The van der Waals surface area contributed by atoms with Crippen LogP contribution in [0.2, 0.25) is 0 Å². The third-order valence-electron chi connectivity index (χ3n) is 3.57. The van der Waals surface area contributed by atoms with E-state index in [0.29, 0.717) is 11.3 Å². The fraction of sp³-hybridized carbons (Fsp3) is 0.278. The van der Waals surface area contributed by atoms with Crippen LogP contribution in [-0.4, -0.2) is 13.0 Å². The lowest BCUT2D eigenvalue weighted by Crippen LogP contribution is -2.19. The van der Waals surface area contributed by atoms with Gasteiger partial charge in [-0.2, -0.15) is 0 Å². The lowest BCUT2D eigenvalue weighted by molar-refractivity contribution is 0.0964. The summed E-state index contributed by atoms with van der Waals surface area (Å²) in [5.41, 5.74) is 9.91. The van der Waals surface area contributed by atoms with Gasteiger partial charge in [0.05, 0.1) is 11.3 Å². The Kier molecular flexibility index (Phi) is 5.42. The maximum absolute atomic E-state index is 11.9. The molecule has 0 fully saturated rings. The standard InChI is InChI=1S/C18H23N3O/c1-3-4-5-13-6-9-15(10-7-13)21-17-11-8-14(19)12-16(17)18(22)20-2/h6-12,21H,3-5,19H2,1-2H3,(H,20,22). The van der Waals surface area contributed by atoms with Gasteiger partial charge in [-0.05, 0) is 48.7 Å². The highest BCUT2D eigenvalue weighted by atomic mass is 16.1. The van der Waals surface area contributed by atoms with E-state index in [1.807, 2.05) is 18.2 Å². The van der Waals surface area contributed by atoms with Crippen LogP contribution in [0.5, 0.6) is 0 Å². The number of carbonyl (C=O) groups is 1. The van der Waals surface area contributed by atoms with Crippen molar-refractivity contribution in [1.82, 2.24) is 5.32 Å². The normalized spacial score (nSPS) is 10.3. The first kappa shape index (κ1) is 15.9. The average Bonchev–Trinajstić information content (AvgIpc) is 2.55. The minimum Gasteiger partial charge on any atom is -0.399 e. The molecular formula is C18H23N3O. The van der Waals surface area contributed by atoms with Crippen molar-refractivity contribution in [2.75, 3.05) is 18.1 Å². The molecule has 2 aromatic carbocycles. The number of nitrogens with two attached hydrogens (primary N) is 1. The number of hydrogen-bond acceptors (Lipinski definition) is 3. The molecule has 0 spiro atoms. The smallest absolute Gasteiger partial charge is 0.253 e. The van der Waals surface area contributed by atoms with Crippen molar-refractivity contribution in [3.63, 3.8) is 0 Å². The topological polar surface area (TPSA) is 67.1 Å². The van der Waals surface area contributed by atoms with E-state index in [1.165, 1.54) is 18.4 Å². The third kappa shape index (κ3) is 4.01. The van der Waals surface area contributed by atoms with Gasteiger partial charge in [0.2, 0.25) is 0 Å². The maximum atomic E-state index is 11.9. The van der Waals surface area contributed by atoms with Crippen LogP contribution in [0, 0.1) is 0 Å². The van der Waals surface area contributed by atoms with Crippen LogP contribution in [0.15, 0.2) is 42.5 Å². The summed E-state index contributed by atoms with van der Waals surface area (Å²) in [6, 6.07) is 13.6. The number of benzene rings is 2. The second-order valence-corrected chi connectivity index (χ2v) is 5.31. The Bertz CT molecular complexity index is 635. The fourth-order valence-electron chi connectivity index (χ4n) is 2.28. The number of hydrogen-bond donors (Lipinski definition) is 3. The number of rotatable bonds is 6. The van der Waals surface area contributed by atoms with Gasteiger partial charge in [0.15, 0.2) is 0 Å². The van der Waals surface area contributed by atoms with Gasteiger partial charge in [0, 0.05) is 18.4 Å². The number of anilines is 3. The van der Waals surface area contributed by atoms with E-state index in [1.54, 1.807) is 19.2 Å². The van der Waals surface area contributed by atoms with Gasteiger partial charge in [-0.1, -0.05) is 25.5 Å². The number of unbranched alkanes of at least 4 members (excludes halogenated alkanes) is 1. The molecule has 2 aromatic rings. The van der Waals surface area contributed by atoms with Gasteiger partial charge >= 0.3 is 0 Å². The predicted octanol–water partition coefficient (Wildman–Crippen LogP) is 3.71. The molecule has 0 unspecified atom stereocenters. The van der Waals surface area contributed by atoms with E-state index < -0.39 is 0 Å². The second kappa shape index (κ2) is 7.50. The molecule has 0 aliphatic rings. The van der Waals surface area contributed by atoms with E-state index in [9.17, 15) is 4.79 Å². The molecule has 1 amide bonds. The van der Waals surface area contributed by atoms with Gasteiger partial charge in [-0.25, -0.2) is 0 Å². The first-order chi connectivity index (χ1) is 10.6. The summed E-state index contributed by atoms with van der Waals surface area (Å²) < 4.78 is 0. The molecule has 0 radical (unpaired) electrons. The summed E-state index contributed by atoms with van der Waals surface area (Å²) >= 11 is 0. The van der Waals surface area contributed by atoms with Crippen LogP contribution in [0.4, 0.5) is 17.1 Å². The Morgan fingerprint density at radius 2 is 1.86 bits per heavy atom. The van der Waals surface area contributed by atoms with Crippen molar-refractivity contribution < 1.29 is 4.79 Å². The average molecular weight is 297 g/mol. The van der Waals surface area contributed by atoms with Crippen LogP contribution in [0.25, 0.3) is 0 Å². The van der Waals surface area contributed by atoms with Crippen LogP contribution in [-0.2, 0) is 6.42 Å². The van der Waals surface area contributed by atoms with E-state index in [0.717, 1.165) is 17.8 Å². The number of nitrogens with one attached hydrogen (secondary N) is 2. The first-order valence-electron chi connectivity index (χ1n) is 7.61. The second-order valence-electron chi connectivity index (χ2n) is 5.31.